The molecule has 7 heteroatoms. The van der Waals surface area contributed by atoms with E-state index in [1.807, 2.05) is 24.3 Å². The minimum Gasteiger partial charge on any atom is -0.627 e. The number of quaternary nitrogens is 1. The number of hydrogen-bond donors (Lipinski definition) is 1. The summed E-state index contributed by atoms with van der Waals surface area (Å²) < 4.78 is 32.5. The van der Waals surface area contributed by atoms with Crippen LogP contribution in [0.15, 0.2) is 64.5 Å². The van der Waals surface area contributed by atoms with E-state index in [4.69, 9.17) is 10.5 Å². The Morgan fingerprint density at radius 2 is 1.86 bits per heavy atom. The smallest absolute Gasteiger partial charge is 0.141 e. The third-order valence-corrected chi connectivity index (χ3v) is 5.45. The van der Waals surface area contributed by atoms with Crippen LogP contribution in [0.5, 0.6) is 0 Å². The fraction of sp³-hybridized carbons (Fsp3) is 0.238. The Morgan fingerprint density at radius 1 is 1.14 bits per heavy atom. The van der Waals surface area contributed by atoms with E-state index in [0.29, 0.717) is 22.5 Å². The minimum atomic E-state index is -0.666. The molecular weight excluding hydrogens is 430 g/mol. The zero-order valence-electron chi connectivity index (χ0n) is 15.4. The standard InChI is InChI=1S/C21H21BrF2N2O2/c1-14-8-21(28-13-17-6-7-18(23)9-20(17)24)19(22)12-26(14,27)11-16-5-3-2-4-15(16)10-25/h2-9H,10-13,25H2,1H3. The monoisotopic (exact) mass is 450 g/mol. The second-order valence-electron chi connectivity index (χ2n) is 6.76. The highest BCUT2D eigenvalue weighted by Crippen LogP contribution is 2.33. The van der Waals surface area contributed by atoms with E-state index in [-0.39, 0.29) is 25.3 Å². The van der Waals surface area contributed by atoms with Crippen LogP contribution in [-0.2, 0) is 24.4 Å². The van der Waals surface area contributed by atoms with Crippen LogP contribution in [0.25, 0.3) is 0 Å². The second kappa shape index (κ2) is 8.53. The zero-order valence-corrected chi connectivity index (χ0v) is 17.0. The van der Waals surface area contributed by atoms with E-state index in [2.05, 4.69) is 15.9 Å². The summed E-state index contributed by atoms with van der Waals surface area (Å²) in [6.45, 7) is 2.47. The quantitative estimate of drug-likeness (QED) is 0.498. The summed E-state index contributed by atoms with van der Waals surface area (Å²) in [5.41, 5.74) is 8.45. The van der Waals surface area contributed by atoms with Crippen LogP contribution >= 0.6 is 15.9 Å². The normalized spacial score (nSPS) is 19.6. The highest BCUT2D eigenvalue weighted by atomic mass is 79.9. The summed E-state index contributed by atoms with van der Waals surface area (Å²) in [6, 6.07) is 11.0. The fourth-order valence-electron chi connectivity index (χ4n) is 3.09. The van der Waals surface area contributed by atoms with Crippen molar-refractivity contribution in [3.63, 3.8) is 0 Å². The topological polar surface area (TPSA) is 58.3 Å². The Bertz CT molecular complexity index is 946. The average molecular weight is 451 g/mol. The Labute approximate surface area is 171 Å². The van der Waals surface area contributed by atoms with E-state index >= 15 is 0 Å². The maximum absolute atomic E-state index is 13.8. The maximum Gasteiger partial charge on any atom is 0.141 e. The molecule has 2 aromatic rings. The summed E-state index contributed by atoms with van der Waals surface area (Å²) >= 11 is 3.43. The van der Waals surface area contributed by atoms with Gasteiger partial charge in [-0.05, 0) is 33.6 Å². The molecule has 1 aliphatic heterocycles. The molecule has 148 valence electrons. The van der Waals surface area contributed by atoms with Crippen molar-refractivity contribution in [1.29, 1.82) is 0 Å². The molecule has 3 rings (SSSR count). The summed E-state index contributed by atoms with van der Waals surface area (Å²) in [4.78, 5) is 0. The van der Waals surface area contributed by atoms with Gasteiger partial charge in [0.2, 0.25) is 0 Å². The lowest BCUT2D eigenvalue weighted by Crippen LogP contribution is -2.42. The Morgan fingerprint density at radius 3 is 2.54 bits per heavy atom. The largest absolute Gasteiger partial charge is 0.627 e. The van der Waals surface area contributed by atoms with Gasteiger partial charge in [0.25, 0.3) is 0 Å². The van der Waals surface area contributed by atoms with E-state index in [0.717, 1.165) is 17.2 Å². The molecule has 0 saturated heterocycles. The van der Waals surface area contributed by atoms with Gasteiger partial charge in [-0.15, -0.1) is 0 Å². The predicted octanol–water partition coefficient (Wildman–Crippen LogP) is 4.98. The molecule has 1 atom stereocenters. The Balaban J connectivity index is 1.75. The van der Waals surface area contributed by atoms with Crippen molar-refractivity contribution >= 4 is 15.9 Å². The van der Waals surface area contributed by atoms with E-state index in [1.165, 1.54) is 12.1 Å². The molecule has 4 nitrogen and oxygen atoms in total. The number of hydrogen-bond acceptors (Lipinski definition) is 3. The first kappa shape index (κ1) is 20.7. The van der Waals surface area contributed by atoms with Crippen molar-refractivity contribution < 1.29 is 18.2 Å². The van der Waals surface area contributed by atoms with Gasteiger partial charge in [0, 0.05) is 36.7 Å². The van der Waals surface area contributed by atoms with Crippen LogP contribution in [0.3, 0.4) is 0 Å². The first-order chi connectivity index (χ1) is 13.3. The van der Waals surface area contributed by atoms with Gasteiger partial charge in [-0.3, -0.25) is 0 Å². The van der Waals surface area contributed by atoms with Crippen LogP contribution < -0.4 is 5.73 Å². The molecule has 0 saturated carbocycles. The van der Waals surface area contributed by atoms with Crippen LogP contribution in [0, 0.1) is 16.8 Å². The molecule has 2 aromatic carbocycles. The van der Waals surface area contributed by atoms with Gasteiger partial charge in [-0.25, -0.2) is 8.78 Å². The summed E-state index contributed by atoms with van der Waals surface area (Å²) in [5.74, 6) is -0.834. The first-order valence-corrected chi connectivity index (χ1v) is 9.61. The van der Waals surface area contributed by atoms with Gasteiger partial charge < -0.3 is 20.3 Å². The second-order valence-corrected chi connectivity index (χ2v) is 7.71. The van der Waals surface area contributed by atoms with Gasteiger partial charge in [-0.1, -0.05) is 24.3 Å². The number of ether oxygens (including phenoxy) is 1. The predicted molar refractivity (Wildman–Crippen MR) is 107 cm³/mol. The van der Waals surface area contributed by atoms with Crippen LogP contribution in [0.2, 0.25) is 0 Å². The van der Waals surface area contributed by atoms with Gasteiger partial charge in [0.05, 0.1) is 4.48 Å². The Hall–Kier alpha value is -2.06. The lowest BCUT2D eigenvalue weighted by Gasteiger charge is -2.45. The van der Waals surface area contributed by atoms with Crippen LogP contribution in [-0.4, -0.2) is 11.2 Å². The van der Waals surface area contributed by atoms with E-state index in [1.54, 1.807) is 13.0 Å². The molecule has 1 unspecified atom stereocenters. The number of allylic oxidation sites excluding steroid dienone is 2. The lowest BCUT2D eigenvalue weighted by molar-refractivity contribution is -0.851. The molecule has 0 spiro atoms. The van der Waals surface area contributed by atoms with Crippen LogP contribution in [0.1, 0.15) is 23.6 Å². The molecule has 1 aliphatic rings. The minimum absolute atomic E-state index is 0.0603. The van der Waals surface area contributed by atoms with E-state index < -0.39 is 16.3 Å². The number of halogens is 3. The third kappa shape index (κ3) is 4.50. The molecule has 0 aromatic heterocycles. The zero-order chi connectivity index (χ0) is 20.3. The van der Waals surface area contributed by atoms with Gasteiger partial charge >= 0.3 is 0 Å². The summed E-state index contributed by atoms with van der Waals surface area (Å²) in [7, 11) is 0. The number of hydroxylamine groups is 3. The van der Waals surface area contributed by atoms with Crippen molar-refractivity contribution in [3.8, 4) is 0 Å². The highest BCUT2D eigenvalue weighted by molar-refractivity contribution is 9.11. The molecule has 0 fully saturated rings. The van der Waals surface area contributed by atoms with Crippen molar-refractivity contribution in [2.24, 2.45) is 5.73 Å². The number of nitrogens with two attached hydrogens (primary N) is 1. The number of benzene rings is 2. The molecule has 0 amide bonds. The van der Waals surface area contributed by atoms with Crippen molar-refractivity contribution in [1.82, 2.24) is 0 Å². The van der Waals surface area contributed by atoms with Gasteiger partial charge in [-0.2, -0.15) is 0 Å². The molecular formula is C21H21BrF2N2O2. The average Bonchev–Trinajstić information content (AvgIpc) is 2.65. The van der Waals surface area contributed by atoms with Crippen molar-refractivity contribution in [3.05, 3.63) is 98.0 Å². The molecule has 0 aliphatic carbocycles. The Kier molecular flexibility index (Phi) is 6.30. The molecule has 0 radical (unpaired) electrons. The lowest BCUT2D eigenvalue weighted by atomic mass is 10.1. The van der Waals surface area contributed by atoms with Crippen LogP contribution in [0.4, 0.5) is 8.78 Å². The third-order valence-electron chi connectivity index (χ3n) is 4.81. The maximum atomic E-state index is 13.8. The summed E-state index contributed by atoms with van der Waals surface area (Å²) in [5, 5.41) is 13.4. The molecule has 2 N–H and O–H groups in total. The van der Waals surface area contributed by atoms with Crippen molar-refractivity contribution in [2.75, 3.05) is 6.54 Å². The SMILES string of the molecule is CC1=CC(OCc2ccc(F)cc2F)=C(Br)C[N+]1([O-])Cc1ccccc1CN. The first-order valence-electron chi connectivity index (χ1n) is 8.81. The summed E-state index contributed by atoms with van der Waals surface area (Å²) in [6.07, 6.45) is 1.66. The molecule has 1 heterocycles. The van der Waals surface area contributed by atoms with Crippen molar-refractivity contribution in [2.45, 2.75) is 26.6 Å². The number of nitrogens with zero attached hydrogens (tertiary/aromatic N) is 1. The van der Waals surface area contributed by atoms with Gasteiger partial charge in [0.15, 0.2) is 0 Å². The molecule has 0 bridgehead atoms. The van der Waals surface area contributed by atoms with E-state index in [9.17, 15) is 14.0 Å². The highest BCUT2D eigenvalue weighted by Gasteiger charge is 2.29. The van der Waals surface area contributed by atoms with Gasteiger partial charge in [0.1, 0.15) is 42.8 Å². The number of rotatable bonds is 6. The fourth-order valence-corrected chi connectivity index (χ4v) is 3.73. The molecule has 28 heavy (non-hydrogen) atoms.